The number of nitrogens with one attached hydrogen (secondary N) is 3. The second-order valence-electron chi connectivity index (χ2n) is 0.954. The summed E-state index contributed by atoms with van der Waals surface area (Å²) < 4.78 is 0. The lowest BCUT2D eigenvalue weighted by Gasteiger charge is -1.97. The number of urea groups is 1. The van der Waals surface area contributed by atoms with E-state index in [-0.39, 0.29) is 6.03 Å². The number of carbonyl (C=O) groups is 1. The number of hydrazine groups is 1. The molecule has 56 valence electrons. The fourth-order valence-corrected chi connectivity index (χ4v) is 0.176. The summed E-state index contributed by atoms with van der Waals surface area (Å²) in [6, 6.07) is -0.234. The summed E-state index contributed by atoms with van der Waals surface area (Å²) in [4.78, 5) is 10.1. The van der Waals surface area contributed by atoms with Gasteiger partial charge in [-0.15, -0.1) is 0 Å². The zero-order valence-electron chi connectivity index (χ0n) is 6.41. The van der Waals surface area contributed by atoms with E-state index in [0.29, 0.717) is 0 Å². The molecule has 0 atom stereocenters. The summed E-state index contributed by atoms with van der Waals surface area (Å²) >= 11 is 0. The predicted molar refractivity (Wildman–Crippen MR) is 38.0 cm³/mol. The lowest BCUT2D eigenvalue weighted by Crippen LogP contribution is -2.40. The molecule has 0 aromatic carbocycles. The summed E-state index contributed by atoms with van der Waals surface area (Å²) in [5.74, 6) is 0. The van der Waals surface area contributed by atoms with Crippen molar-refractivity contribution in [3.05, 3.63) is 0 Å². The van der Waals surface area contributed by atoms with Gasteiger partial charge in [0, 0.05) is 14.1 Å². The first-order chi connectivity index (χ1) is 4.31. The van der Waals surface area contributed by atoms with E-state index in [1.165, 1.54) is 0 Å². The average molecular weight is 133 g/mol. The number of rotatable bonds is 1. The van der Waals surface area contributed by atoms with Crippen LogP contribution in [0.25, 0.3) is 0 Å². The van der Waals surface area contributed by atoms with E-state index in [0.717, 1.165) is 0 Å². The molecule has 2 amide bonds. The Balaban J connectivity index is 0. The Morgan fingerprint density at radius 1 is 1.22 bits per heavy atom. The van der Waals surface area contributed by atoms with Gasteiger partial charge >= 0.3 is 6.03 Å². The molecule has 0 fully saturated rings. The zero-order valence-corrected chi connectivity index (χ0v) is 6.41. The Labute approximate surface area is 56.0 Å². The smallest absolute Gasteiger partial charge is 0.328 e. The third kappa shape index (κ3) is 11.1. The number of hydrogen-bond acceptors (Lipinski definition) is 2. The maximum Gasteiger partial charge on any atom is 0.328 e. The molecule has 0 bridgehead atoms. The molecule has 4 nitrogen and oxygen atoms in total. The summed E-state index contributed by atoms with van der Waals surface area (Å²) in [5.41, 5.74) is 4.75. The molecule has 0 aliphatic carbocycles. The highest BCUT2D eigenvalue weighted by atomic mass is 16.2. The van der Waals surface area contributed by atoms with Crippen molar-refractivity contribution in [2.24, 2.45) is 0 Å². The maximum absolute atomic E-state index is 10.1. The van der Waals surface area contributed by atoms with Crippen molar-refractivity contribution in [1.29, 1.82) is 0 Å². The Morgan fingerprint density at radius 2 is 1.67 bits per heavy atom. The van der Waals surface area contributed by atoms with Gasteiger partial charge in [-0.05, 0) is 0 Å². The Bertz CT molecular complexity index is 65.2. The van der Waals surface area contributed by atoms with Gasteiger partial charge in [0.25, 0.3) is 0 Å². The second kappa shape index (κ2) is 10.3. The van der Waals surface area contributed by atoms with Crippen LogP contribution in [-0.2, 0) is 0 Å². The molecule has 0 saturated carbocycles. The first kappa shape index (κ1) is 11.1. The van der Waals surface area contributed by atoms with Crippen molar-refractivity contribution < 1.29 is 4.79 Å². The van der Waals surface area contributed by atoms with E-state index >= 15 is 0 Å². The fraction of sp³-hybridized carbons (Fsp3) is 0.800. The molecule has 3 N–H and O–H groups in total. The number of amides is 2. The van der Waals surface area contributed by atoms with Gasteiger partial charge in [0.05, 0.1) is 0 Å². The molecule has 0 heterocycles. The van der Waals surface area contributed by atoms with Gasteiger partial charge in [0.2, 0.25) is 0 Å². The van der Waals surface area contributed by atoms with E-state index in [9.17, 15) is 4.79 Å². The average Bonchev–Trinajstić information content (AvgIpc) is 1.93. The maximum atomic E-state index is 10.1. The third-order valence-electron chi connectivity index (χ3n) is 0.466. The van der Waals surface area contributed by atoms with Crippen LogP contribution in [-0.4, -0.2) is 20.1 Å². The molecular weight excluding hydrogens is 118 g/mol. The lowest BCUT2D eigenvalue weighted by molar-refractivity contribution is 0.240. The third-order valence-corrected chi connectivity index (χ3v) is 0.466. The molecule has 0 saturated heterocycles. The number of carbonyl (C=O) groups excluding carboxylic acids is 1. The van der Waals surface area contributed by atoms with Crippen LogP contribution in [0.15, 0.2) is 0 Å². The van der Waals surface area contributed by atoms with Gasteiger partial charge < -0.3 is 5.32 Å². The van der Waals surface area contributed by atoms with Gasteiger partial charge in [-0.3, -0.25) is 5.43 Å². The Kier molecular flexibility index (Phi) is 12.6. The molecule has 0 aromatic heterocycles. The highest BCUT2D eigenvalue weighted by molar-refractivity contribution is 5.72. The fourth-order valence-electron chi connectivity index (χ4n) is 0.176. The second-order valence-corrected chi connectivity index (χ2v) is 0.954. The molecule has 0 unspecified atom stereocenters. The van der Waals surface area contributed by atoms with Crippen LogP contribution in [0, 0.1) is 0 Å². The van der Waals surface area contributed by atoms with Crippen molar-refractivity contribution >= 4 is 6.03 Å². The molecule has 0 aliphatic heterocycles. The zero-order chi connectivity index (χ0) is 7.70. The minimum atomic E-state index is -0.234. The summed E-state index contributed by atoms with van der Waals surface area (Å²) in [6.45, 7) is 4.00. The standard InChI is InChI=1S/C3H9N3O.C2H6/c1-4-3(7)6-5-2;1-2/h5H,1-2H3,(H2,4,6,7);1-2H3. The predicted octanol–water partition coefficient (Wildman–Crippen LogP) is 0.0760. The molecule has 0 spiro atoms. The van der Waals surface area contributed by atoms with Crippen LogP contribution >= 0.6 is 0 Å². The monoisotopic (exact) mass is 133 g/mol. The molecule has 0 aromatic rings. The summed E-state index contributed by atoms with van der Waals surface area (Å²) in [5, 5.41) is 2.35. The lowest BCUT2D eigenvalue weighted by atomic mass is 11.0. The highest BCUT2D eigenvalue weighted by Gasteiger charge is 1.85. The normalized spacial score (nSPS) is 6.67. The quantitative estimate of drug-likeness (QED) is 0.443. The molecule has 9 heavy (non-hydrogen) atoms. The van der Waals surface area contributed by atoms with E-state index in [2.05, 4.69) is 16.2 Å². The van der Waals surface area contributed by atoms with Crippen LogP contribution in [0.1, 0.15) is 13.8 Å². The Hall–Kier alpha value is -0.770. The van der Waals surface area contributed by atoms with Crippen LogP contribution in [0.5, 0.6) is 0 Å². The summed E-state index contributed by atoms with van der Waals surface area (Å²) in [7, 11) is 3.17. The van der Waals surface area contributed by atoms with Gasteiger partial charge in [-0.2, -0.15) is 0 Å². The van der Waals surface area contributed by atoms with Crippen molar-refractivity contribution in [3.63, 3.8) is 0 Å². The summed E-state index contributed by atoms with van der Waals surface area (Å²) in [6.07, 6.45) is 0. The van der Waals surface area contributed by atoms with Gasteiger partial charge in [0.1, 0.15) is 0 Å². The molecule has 0 aliphatic rings. The van der Waals surface area contributed by atoms with Crippen LogP contribution in [0.4, 0.5) is 4.79 Å². The molecule has 4 heteroatoms. The van der Waals surface area contributed by atoms with Crippen LogP contribution in [0.2, 0.25) is 0 Å². The van der Waals surface area contributed by atoms with E-state index in [1.54, 1.807) is 14.1 Å². The topological polar surface area (TPSA) is 53.2 Å². The SMILES string of the molecule is CC.CNNC(=O)NC. The molecule has 0 radical (unpaired) electrons. The van der Waals surface area contributed by atoms with E-state index < -0.39 is 0 Å². The first-order valence-corrected chi connectivity index (χ1v) is 2.95. The van der Waals surface area contributed by atoms with E-state index in [1.807, 2.05) is 13.8 Å². The largest absolute Gasteiger partial charge is 0.340 e. The van der Waals surface area contributed by atoms with Gasteiger partial charge in [0.15, 0.2) is 0 Å². The molecule has 0 rings (SSSR count). The molecular formula is C5H15N3O. The highest BCUT2D eigenvalue weighted by Crippen LogP contribution is 1.49. The van der Waals surface area contributed by atoms with Crippen molar-refractivity contribution in [3.8, 4) is 0 Å². The first-order valence-electron chi connectivity index (χ1n) is 2.95. The van der Waals surface area contributed by atoms with Gasteiger partial charge in [-0.1, -0.05) is 13.8 Å². The van der Waals surface area contributed by atoms with Crippen LogP contribution < -0.4 is 16.2 Å². The van der Waals surface area contributed by atoms with Gasteiger partial charge in [-0.25, -0.2) is 10.2 Å². The minimum Gasteiger partial charge on any atom is -0.340 e. The van der Waals surface area contributed by atoms with E-state index in [4.69, 9.17) is 0 Å². The minimum absolute atomic E-state index is 0.234. The van der Waals surface area contributed by atoms with Crippen molar-refractivity contribution in [2.45, 2.75) is 13.8 Å². The number of hydrogen-bond donors (Lipinski definition) is 3. The van der Waals surface area contributed by atoms with Crippen LogP contribution in [0.3, 0.4) is 0 Å². The van der Waals surface area contributed by atoms with Crippen molar-refractivity contribution in [1.82, 2.24) is 16.2 Å². The Morgan fingerprint density at radius 3 is 1.78 bits per heavy atom. The van der Waals surface area contributed by atoms with Crippen molar-refractivity contribution in [2.75, 3.05) is 14.1 Å².